The van der Waals surface area contributed by atoms with Crippen LogP contribution in [0.1, 0.15) is 0 Å². The van der Waals surface area contributed by atoms with E-state index in [2.05, 4.69) is 14.1 Å². The second-order valence-corrected chi connectivity index (χ2v) is 3.60. The van der Waals surface area contributed by atoms with Crippen molar-refractivity contribution in [3.63, 3.8) is 0 Å². The molecule has 0 saturated carbocycles. The predicted octanol–water partition coefficient (Wildman–Crippen LogP) is -0.0644. The van der Waals surface area contributed by atoms with Gasteiger partial charge in [-0.3, -0.25) is 0 Å². The first-order chi connectivity index (χ1) is 4.68. The van der Waals surface area contributed by atoms with Gasteiger partial charge in [-0.2, -0.15) is 0 Å². The van der Waals surface area contributed by atoms with Crippen LogP contribution in [0.25, 0.3) is 0 Å². The van der Waals surface area contributed by atoms with E-state index >= 15 is 0 Å². The standard InChI is InChI=1S/C4H13N2O3P/c1-8-10(7,9-2)6-4-3-5/h3-5H2,1-2H3,(H,6,7). The number of nitrogens with two attached hydrogens (primary N) is 1. The smallest absolute Gasteiger partial charge is 0.329 e. The average molecular weight is 168 g/mol. The molecule has 5 nitrogen and oxygen atoms in total. The Kier molecular flexibility index (Phi) is 4.85. The molecule has 0 aliphatic carbocycles. The van der Waals surface area contributed by atoms with Gasteiger partial charge in [0.1, 0.15) is 0 Å². The molecule has 0 radical (unpaired) electrons. The van der Waals surface area contributed by atoms with Crippen LogP contribution in [0.4, 0.5) is 0 Å². The molecule has 0 heterocycles. The first-order valence-electron chi connectivity index (χ1n) is 2.85. The maximum absolute atomic E-state index is 11.1. The van der Waals surface area contributed by atoms with Crippen molar-refractivity contribution in [3.8, 4) is 0 Å². The van der Waals surface area contributed by atoms with Gasteiger partial charge in [0, 0.05) is 27.3 Å². The molecule has 0 saturated heterocycles. The van der Waals surface area contributed by atoms with E-state index in [0.717, 1.165) is 0 Å². The van der Waals surface area contributed by atoms with E-state index < -0.39 is 7.75 Å². The van der Waals surface area contributed by atoms with Gasteiger partial charge < -0.3 is 14.8 Å². The molecule has 0 fully saturated rings. The Balaban J connectivity index is 3.70. The van der Waals surface area contributed by atoms with Crippen LogP contribution in [0.5, 0.6) is 0 Å². The predicted molar refractivity (Wildman–Crippen MR) is 38.7 cm³/mol. The maximum Gasteiger partial charge on any atom is 0.405 e. The number of rotatable bonds is 5. The highest BCUT2D eigenvalue weighted by Gasteiger charge is 2.18. The fourth-order valence-corrected chi connectivity index (χ4v) is 1.22. The Labute approximate surface area is 60.5 Å². The molecule has 3 N–H and O–H groups in total. The molecule has 0 aromatic heterocycles. The molecule has 0 atom stereocenters. The van der Waals surface area contributed by atoms with Gasteiger partial charge in [0.15, 0.2) is 0 Å². The Hall–Kier alpha value is 0.0700. The van der Waals surface area contributed by atoms with Gasteiger partial charge in [-0.25, -0.2) is 9.65 Å². The van der Waals surface area contributed by atoms with Crippen molar-refractivity contribution in [2.45, 2.75) is 0 Å². The van der Waals surface area contributed by atoms with E-state index in [9.17, 15) is 4.57 Å². The highest BCUT2D eigenvalue weighted by atomic mass is 31.2. The van der Waals surface area contributed by atoms with Gasteiger partial charge >= 0.3 is 7.75 Å². The molecule has 10 heavy (non-hydrogen) atoms. The van der Waals surface area contributed by atoms with Gasteiger partial charge in [0.2, 0.25) is 0 Å². The van der Waals surface area contributed by atoms with Gasteiger partial charge in [0.25, 0.3) is 0 Å². The van der Waals surface area contributed by atoms with Crippen LogP contribution in [0.2, 0.25) is 0 Å². The van der Waals surface area contributed by atoms with Gasteiger partial charge in [0.05, 0.1) is 0 Å². The fourth-order valence-electron chi connectivity index (χ4n) is 0.405. The lowest BCUT2D eigenvalue weighted by molar-refractivity contribution is 0.265. The fraction of sp³-hybridized carbons (Fsp3) is 1.00. The van der Waals surface area contributed by atoms with Crippen molar-refractivity contribution in [3.05, 3.63) is 0 Å². The third kappa shape index (κ3) is 3.29. The van der Waals surface area contributed by atoms with Crippen LogP contribution in [0, 0.1) is 0 Å². The summed E-state index contributed by atoms with van der Waals surface area (Å²) in [5.74, 6) is 0. The Morgan fingerprint density at radius 2 is 2.00 bits per heavy atom. The van der Waals surface area contributed by atoms with Crippen LogP contribution in [-0.4, -0.2) is 27.3 Å². The largest absolute Gasteiger partial charge is 0.405 e. The molecule has 0 aliphatic heterocycles. The zero-order chi connectivity index (χ0) is 8.04. The third-order valence-corrected chi connectivity index (χ3v) is 2.50. The van der Waals surface area contributed by atoms with Crippen LogP contribution in [0.15, 0.2) is 0 Å². The highest BCUT2D eigenvalue weighted by molar-refractivity contribution is 7.51. The first kappa shape index (κ1) is 10.1. The van der Waals surface area contributed by atoms with E-state index in [0.29, 0.717) is 13.1 Å². The Morgan fingerprint density at radius 1 is 1.50 bits per heavy atom. The Bertz CT molecular complexity index is 122. The molecule has 0 unspecified atom stereocenters. The summed E-state index contributed by atoms with van der Waals surface area (Å²) in [5, 5.41) is 2.53. The normalized spacial score (nSPS) is 11.9. The maximum atomic E-state index is 11.1. The molecule has 0 amide bonds. The highest BCUT2D eigenvalue weighted by Crippen LogP contribution is 2.40. The van der Waals surface area contributed by atoms with Gasteiger partial charge in [-0.1, -0.05) is 0 Å². The lowest BCUT2D eigenvalue weighted by atomic mass is 10.7. The number of hydrogen-bond donors (Lipinski definition) is 2. The minimum absolute atomic E-state index is 0.400. The van der Waals surface area contributed by atoms with Crippen LogP contribution >= 0.6 is 7.75 Å². The average Bonchev–Trinajstić information content (AvgIpc) is 2.00. The summed E-state index contributed by atoms with van der Waals surface area (Å²) in [6.45, 7) is 0.815. The molecule has 0 bridgehead atoms. The quantitative estimate of drug-likeness (QED) is 0.562. The summed E-state index contributed by atoms with van der Waals surface area (Å²) < 4.78 is 20.2. The second-order valence-electron chi connectivity index (χ2n) is 1.56. The third-order valence-electron chi connectivity index (χ3n) is 0.931. The molecule has 0 spiro atoms. The molecule has 0 aromatic carbocycles. The molecule has 0 rings (SSSR count). The molecule has 0 aromatic rings. The van der Waals surface area contributed by atoms with Crippen LogP contribution in [-0.2, 0) is 13.6 Å². The van der Waals surface area contributed by atoms with E-state index in [4.69, 9.17) is 5.73 Å². The van der Waals surface area contributed by atoms with Crippen molar-refractivity contribution >= 4 is 7.75 Å². The summed E-state index contributed by atoms with van der Waals surface area (Å²) in [5.41, 5.74) is 5.15. The Morgan fingerprint density at radius 3 is 2.30 bits per heavy atom. The van der Waals surface area contributed by atoms with E-state index in [1.807, 2.05) is 0 Å². The summed E-state index contributed by atoms with van der Waals surface area (Å²) in [6, 6.07) is 0. The van der Waals surface area contributed by atoms with Gasteiger partial charge in [-0.15, -0.1) is 0 Å². The van der Waals surface area contributed by atoms with Crippen molar-refractivity contribution in [2.75, 3.05) is 27.3 Å². The van der Waals surface area contributed by atoms with E-state index in [-0.39, 0.29) is 0 Å². The summed E-state index contributed by atoms with van der Waals surface area (Å²) in [7, 11) is -0.401. The van der Waals surface area contributed by atoms with Crippen molar-refractivity contribution in [2.24, 2.45) is 5.73 Å². The molecule has 6 heteroatoms. The number of nitrogens with one attached hydrogen (secondary N) is 1. The summed E-state index contributed by atoms with van der Waals surface area (Å²) in [4.78, 5) is 0. The van der Waals surface area contributed by atoms with Gasteiger partial charge in [-0.05, 0) is 0 Å². The SMILES string of the molecule is COP(=O)(NCCN)OC. The van der Waals surface area contributed by atoms with Crippen LogP contribution < -0.4 is 10.8 Å². The van der Waals surface area contributed by atoms with Crippen molar-refractivity contribution in [1.82, 2.24) is 5.09 Å². The molecule has 62 valence electrons. The zero-order valence-corrected chi connectivity index (χ0v) is 7.06. The second kappa shape index (κ2) is 4.82. The lowest BCUT2D eigenvalue weighted by Crippen LogP contribution is -2.21. The molecule has 0 aliphatic rings. The van der Waals surface area contributed by atoms with E-state index in [1.54, 1.807) is 0 Å². The zero-order valence-electron chi connectivity index (χ0n) is 6.16. The van der Waals surface area contributed by atoms with Crippen molar-refractivity contribution < 1.29 is 13.6 Å². The molecular formula is C4H13N2O3P. The summed E-state index contributed by atoms with van der Waals surface area (Å²) >= 11 is 0. The monoisotopic (exact) mass is 168 g/mol. The summed E-state index contributed by atoms with van der Waals surface area (Å²) in [6.07, 6.45) is 0. The van der Waals surface area contributed by atoms with Crippen LogP contribution in [0.3, 0.4) is 0 Å². The van der Waals surface area contributed by atoms with Crippen molar-refractivity contribution in [1.29, 1.82) is 0 Å². The minimum atomic E-state index is -3.03. The lowest BCUT2D eigenvalue weighted by Gasteiger charge is -2.13. The minimum Gasteiger partial charge on any atom is -0.329 e. The topological polar surface area (TPSA) is 73.6 Å². The molecular weight excluding hydrogens is 155 g/mol. The number of hydrogen-bond acceptors (Lipinski definition) is 4. The first-order valence-corrected chi connectivity index (χ1v) is 4.39. The van der Waals surface area contributed by atoms with E-state index in [1.165, 1.54) is 14.2 Å².